The molecule has 1 heterocycles. The molecule has 1 atom stereocenters. The molecule has 1 aliphatic heterocycles. The minimum atomic E-state index is -0.956. The van der Waals surface area contributed by atoms with Crippen molar-refractivity contribution in [2.75, 3.05) is 25.7 Å². The number of carbonyl (C=O) groups is 3. The highest BCUT2D eigenvalue weighted by Crippen LogP contribution is 2.43. The standard InChI is InChI=1S/C26H25N3O6/c1-4-14-35-24(30)17-10-12-18(13-11-17)29-22(26(32)34-3)21(25(31)33-2)20(19(15-27)23(29)28)16-8-6-5-7-9-16/h5-13,20H,4,14,28H2,1-3H3. The van der Waals surface area contributed by atoms with Crippen LogP contribution < -0.4 is 10.6 Å². The summed E-state index contributed by atoms with van der Waals surface area (Å²) in [4.78, 5) is 39.5. The van der Waals surface area contributed by atoms with E-state index in [0.29, 0.717) is 23.2 Å². The van der Waals surface area contributed by atoms with E-state index >= 15 is 0 Å². The van der Waals surface area contributed by atoms with Crippen molar-refractivity contribution >= 4 is 23.6 Å². The van der Waals surface area contributed by atoms with Crippen molar-refractivity contribution in [2.24, 2.45) is 5.73 Å². The fourth-order valence-corrected chi connectivity index (χ4v) is 3.81. The van der Waals surface area contributed by atoms with Crippen molar-refractivity contribution in [1.82, 2.24) is 0 Å². The molecule has 180 valence electrons. The smallest absolute Gasteiger partial charge is 0.355 e. The van der Waals surface area contributed by atoms with E-state index in [1.54, 1.807) is 30.3 Å². The van der Waals surface area contributed by atoms with Crippen LogP contribution in [0, 0.1) is 11.3 Å². The molecule has 0 fully saturated rings. The molecule has 35 heavy (non-hydrogen) atoms. The summed E-state index contributed by atoms with van der Waals surface area (Å²) in [6.07, 6.45) is 0.683. The molecule has 2 aromatic rings. The Hall–Kier alpha value is -4.58. The maximum Gasteiger partial charge on any atom is 0.355 e. The molecular formula is C26H25N3O6. The summed E-state index contributed by atoms with van der Waals surface area (Å²) in [5, 5.41) is 10.0. The molecule has 2 N–H and O–H groups in total. The first-order valence-corrected chi connectivity index (χ1v) is 10.8. The van der Waals surface area contributed by atoms with E-state index in [1.807, 2.05) is 6.92 Å². The Morgan fingerprint density at radius 3 is 2.14 bits per heavy atom. The van der Waals surface area contributed by atoms with Gasteiger partial charge in [0.25, 0.3) is 0 Å². The molecular weight excluding hydrogens is 450 g/mol. The first-order valence-electron chi connectivity index (χ1n) is 10.8. The summed E-state index contributed by atoms with van der Waals surface area (Å²) in [5.74, 6) is -3.18. The number of hydrogen-bond acceptors (Lipinski definition) is 9. The number of ether oxygens (including phenoxy) is 3. The van der Waals surface area contributed by atoms with Crippen LogP contribution >= 0.6 is 0 Å². The Kier molecular flexibility index (Phi) is 7.89. The molecule has 9 nitrogen and oxygen atoms in total. The largest absolute Gasteiger partial charge is 0.466 e. The highest BCUT2D eigenvalue weighted by atomic mass is 16.5. The maximum atomic E-state index is 13.0. The number of esters is 3. The summed E-state index contributed by atoms with van der Waals surface area (Å²) < 4.78 is 15.1. The van der Waals surface area contributed by atoms with Gasteiger partial charge in [-0.25, -0.2) is 14.4 Å². The molecule has 0 aromatic heterocycles. The molecule has 0 saturated carbocycles. The van der Waals surface area contributed by atoms with Gasteiger partial charge in [0.2, 0.25) is 0 Å². The lowest BCUT2D eigenvalue weighted by atomic mass is 9.81. The average Bonchev–Trinajstić information content (AvgIpc) is 2.90. The number of nitrogens with zero attached hydrogens (tertiary/aromatic N) is 2. The zero-order chi connectivity index (χ0) is 25.5. The number of nitriles is 1. The van der Waals surface area contributed by atoms with Gasteiger partial charge in [0.05, 0.1) is 49.5 Å². The number of allylic oxidation sites excluding steroid dienone is 1. The van der Waals surface area contributed by atoms with E-state index in [4.69, 9.17) is 19.9 Å². The highest BCUT2D eigenvalue weighted by Gasteiger charge is 2.42. The Bertz CT molecular complexity index is 1230. The van der Waals surface area contributed by atoms with Crippen molar-refractivity contribution < 1.29 is 28.6 Å². The van der Waals surface area contributed by atoms with Crippen molar-refractivity contribution in [1.29, 1.82) is 5.26 Å². The van der Waals surface area contributed by atoms with Gasteiger partial charge in [-0.2, -0.15) is 5.26 Å². The van der Waals surface area contributed by atoms with Crippen molar-refractivity contribution in [3.05, 3.63) is 88.4 Å². The van der Waals surface area contributed by atoms with E-state index in [2.05, 4.69) is 6.07 Å². The van der Waals surface area contributed by atoms with E-state index < -0.39 is 23.8 Å². The van der Waals surface area contributed by atoms with Crippen molar-refractivity contribution in [3.63, 3.8) is 0 Å². The van der Waals surface area contributed by atoms with Crippen LogP contribution in [0.1, 0.15) is 35.2 Å². The Balaban J connectivity index is 2.24. The maximum absolute atomic E-state index is 13.0. The second kappa shape index (κ2) is 11.0. The molecule has 0 radical (unpaired) electrons. The van der Waals surface area contributed by atoms with Gasteiger partial charge in [-0.3, -0.25) is 4.90 Å². The summed E-state index contributed by atoms with van der Waals surface area (Å²) in [7, 11) is 2.35. The van der Waals surface area contributed by atoms with Gasteiger partial charge < -0.3 is 19.9 Å². The molecule has 0 spiro atoms. The highest BCUT2D eigenvalue weighted by molar-refractivity contribution is 6.06. The van der Waals surface area contributed by atoms with E-state index in [1.165, 1.54) is 43.4 Å². The first-order chi connectivity index (χ1) is 16.9. The van der Waals surface area contributed by atoms with Crippen LogP contribution in [0.25, 0.3) is 0 Å². The lowest BCUT2D eigenvalue weighted by molar-refractivity contribution is -0.139. The predicted octanol–water partition coefficient (Wildman–Crippen LogP) is 3.15. The second-order valence-electron chi connectivity index (χ2n) is 7.52. The van der Waals surface area contributed by atoms with Crippen LogP contribution in [0.2, 0.25) is 0 Å². The van der Waals surface area contributed by atoms with Crippen LogP contribution in [-0.2, 0) is 23.8 Å². The predicted molar refractivity (Wildman–Crippen MR) is 127 cm³/mol. The van der Waals surface area contributed by atoms with Gasteiger partial charge in [-0.1, -0.05) is 37.3 Å². The monoisotopic (exact) mass is 475 g/mol. The number of rotatable bonds is 7. The lowest BCUT2D eigenvalue weighted by Gasteiger charge is -2.35. The molecule has 0 saturated heterocycles. The fourth-order valence-electron chi connectivity index (χ4n) is 3.81. The van der Waals surface area contributed by atoms with Crippen molar-refractivity contribution in [2.45, 2.75) is 19.3 Å². The van der Waals surface area contributed by atoms with Gasteiger partial charge in [0, 0.05) is 5.69 Å². The van der Waals surface area contributed by atoms with E-state index in [0.717, 1.165) is 0 Å². The average molecular weight is 476 g/mol. The number of methoxy groups -OCH3 is 2. The van der Waals surface area contributed by atoms with E-state index in [-0.39, 0.29) is 29.3 Å². The Morgan fingerprint density at radius 2 is 1.60 bits per heavy atom. The minimum Gasteiger partial charge on any atom is -0.466 e. The van der Waals surface area contributed by atoms with Crippen LogP contribution in [0.5, 0.6) is 0 Å². The number of anilines is 1. The molecule has 1 unspecified atom stereocenters. The van der Waals surface area contributed by atoms with Crippen LogP contribution in [0.4, 0.5) is 5.69 Å². The van der Waals surface area contributed by atoms with Gasteiger partial charge in [-0.05, 0) is 36.2 Å². The van der Waals surface area contributed by atoms with Crippen molar-refractivity contribution in [3.8, 4) is 6.07 Å². The molecule has 0 aliphatic carbocycles. The molecule has 3 rings (SSSR count). The summed E-state index contributed by atoms with van der Waals surface area (Å²) in [6.45, 7) is 2.17. The quantitative estimate of drug-likeness (QED) is 0.474. The first kappa shape index (κ1) is 25.1. The zero-order valence-corrected chi connectivity index (χ0v) is 19.6. The molecule has 2 aromatic carbocycles. The van der Waals surface area contributed by atoms with Crippen LogP contribution in [0.15, 0.2) is 77.3 Å². The normalized spacial score (nSPS) is 15.4. The number of hydrogen-bond donors (Lipinski definition) is 1. The third kappa shape index (κ3) is 4.87. The topological polar surface area (TPSA) is 132 Å². The summed E-state index contributed by atoms with van der Waals surface area (Å²) >= 11 is 0. The molecule has 0 bridgehead atoms. The van der Waals surface area contributed by atoms with Gasteiger partial charge in [-0.15, -0.1) is 0 Å². The third-order valence-corrected chi connectivity index (χ3v) is 5.41. The second-order valence-corrected chi connectivity index (χ2v) is 7.52. The third-order valence-electron chi connectivity index (χ3n) is 5.41. The summed E-state index contributed by atoms with van der Waals surface area (Å²) in [6, 6.07) is 16.9. The minimum absolute atomic E-state index is 0.0516. The van der Waals surface area contributed by atoms with Gasteiger partial charge in [0.15, 0.2) is 0 Å². The fraction of sp³-hybridized carbons (Fsp3) is 0.231. The lowest BCUT2D eigenvalue weighted by Crippen LogP contribution is -2.40. The summed E-state index contributed by atoms with van der Waals surface area (Å²) in [5.41, 5.74) is 7.40. The zero-order valence-electron chi connectivity index (χ0n) is 19.6. The molecule has 0 amide bonds. The molecule has 9 heteroatoms. The number of carbonyl (C=O) groups excluding carboxylic acids is 3. The van der Waals surface area contributed by atoms with Gasteiger partial charge >= 0.3 is 17.9 Å². The SMILES string of the molecule is CCCOC(=O)c1ccc(N2C(N)=C(C#N)C(c3ccccc3)C(C(=O)OC)=C2C(=O)OC)cc1. The van der Waals surface area contributed by atoms with Crippen LogP contribution in [-0.4, -0.2) is 38.7 Å². The van der Waals surface area contributed by atoms with E-state index in [9.17, 15) is 19.6 Å². The van der Waals surface area contributed by atoms with Crippen LogP contribution in [0.3, 0.4) is 0 Å². The Labute approximate surface area is 203 Å². The number of nitrogens with two attached hydrogens (primary N) is 1. The Morgan fingerprint density at radius 1 is 0.971 bits per heavy atom. The van der Waals surface area contributed by atoms with Gasteiger partial charge in [0.1, 0.15) is 11.5 Å². The number of benzene rings is 2. The molecule has 1 aliphatic rings.